The number of aliphatic carboxylic acids is 1. The number of carbonyl (C=O) groups is 2. The number of carbonyl (C=O) groups excluding carboxylic acids is 1. The molecule has 0 bridgehead atoms. The van der Waals surface area contributed by atoms with Crippen molar-refractivity contribution in [3.63, 3.8) is 0 Å². The van der Waals surface area contributed by atoms with Crippen LogP contribution in [-0.4, -0.2) is 30.6 Å². The van der Waals surface area contributed by atoms with Crippen LogP contribution in [0.1, 0.15) is 62.6 Å². The quantitative estimate of drug-likeness (QED) is 0.233. The van der Waals surface area contributed by atoms with E-state index < -0.39 is 5.97 Å². The van der Waals surface area contributed by atoms with Crippen LogP contribution in [0.25, 0.3) is 0 Å². The first-order valence-electron chi connectivity index (χ1n) is 14.2. The average Bonchev–Trinajstić information content (AvgIpc) is 2.94. The Labute approximate surface area is 251 Å². The molecule has 41 heavy (non-hydrogen) atoms. The molecule has 0 aliphatic carbocycles. The number of halogens is 1. The lowest BCUT2D eigenvalue weighted by Gasteiger charge is -2.18. The molecule has 0 heterocycles. The molecule has 2 aromatic rings. The van der Waals surface area contributed by atoms with E-state index in [2.05, 4.69) is 56.4 Å². The number of methoxy groups -OCH3 is 1. The van der Waals surface area contributed by atoms with Crippen molar-refractivity contribution in [2.24, 2.45) is 5.92 Å². The minimum absolute atomic E-state index is 0.0661. The fraction of sp³-hybridized carbons (Fsp3) is 0.371. The number of allylic oxidation sites excluding steroid dienone is 3. The van der Waals surface area contributed by atoms with Crippen LogP contribution in [0.3, 0.4) is 0 Å². The molecule has 1 atom stereocenters. The molecule has 0 saturated heterocycles. The van der Waals surface area contributed by atoms with Crippen molar-refractivity contribution in [2.45, 2.75) is 66.2 Å². The predicted octanol–water partition coefficient (Wildman–Crippen LogP) is 8.61. The van der Waals surface area contributed by atoms with Crippen molar-refractivity contribution in [3.05, 3.63) is 112 Å². The first-order chi connectivity index (χ1) is 19.7. The number of carboxylic acids is 1. The van der Waals surface area contributed by atoms with E-state index in [0.717, 1.165) is 42.0 Å². The van der Waals surface area contributed by atoms with Crippen molar-refractivity contribution >= 4 is 23.5 Å². The van der Waals surface area contributed by atoms with E-state index >= 15 is 0 Å². The van der Waals surface area contributed by atoms with E-state index in [1.54, 1.807) is 7.11 Å². The molecule has 0 spiro atoms. The lowest BCUT2D eigenvalue weighted by Crippen LogP contribution is -2.25. The minimum atomic E-state index is -0.916. The molecule has 1 amide bonds. The fourth-order valence-electron chi connectivity index (χ4n) is 4.05. The number of amides is 1. The van der Waals surface area contributed by atoms with Gasteiger partial charge < -0.3 is 15.2 Å². The van der Waals surface area contributed by atoms with Gasteiger partial charge in [-0.1, -0.05) is 98.1 Å². The van der Waals surface area contributed by atoms with Crippen molar-refractivity contribution < 1.29 is 19.4 Å². The summed E-state index contributed by atoms with van der Waals surface area (Å²) in [7, 11) is 1.67. The van der Waals surface area contributed by atoms with E-state index in [1.807, 2.05) is 61.5 Å². The Hall–Kier alpha value is -3.57. The summed E-state index contributed by atoms with van der Waals surface area (Å²) in [5.41, 5.74) is 4.85. The maximum absolute atomic E-state index is 12.0. The monoisotopic (exact) mass is 579 g/mol. The van der Waals surface area contributed by atoms with Gasteiger partial charge in [0.15, 0.2) is 0 Å². The number of hydrogen-bond donors (Lipinski definition) is 2. The highest BCUT2D eigenvalue weighted by Crippen LogP contribution is 2.24. The molecule has 5 nitrogen and oxygen atoms in total. The molecule has 0 saturated carbocycles. The summed E-state index contributed by atoms with van der Waals surface area (Å²) in [6.07, 6.45) is 10.3. The van der Waals surface area contributed by atoms with Crippen molar-refractivity contribution in [2.75, 3.05) is 13.7 Å². The Bertz CT molecular complexity index is 1170. The number of benzene rings is 1. The Morgan fingerprint density at radius 2 is 1.68 bits per heavy atom. The molecule has 2 rings (SSSR count). The molecule has 222 valence electrons. The van der Waals surface area contributed by atoms with Gasteiger partial charge >= 0.3 is 5.97 Å². The second-order valence-corrected chi connectivity index (χ2v) is 10.3. The molecule has 6 heteroatoms. The normalized spacial score (nSPS) is 11.6. The summed E-state index contributed by atoms with van der Waals surface area (Å²) in [6, 6.07) is 22.2. The summed E-state index contributed by atoms with van der Waals surface area (Å²) >= 11 is 5.61. The van der Waals surface area contributed by atoms with Crippen molar-refractivity contribution in [3.8, 4) is 5.75 Å². The lowest BCUT2D eigenvalue weighted by molar-refractivity contribution is -0.136. The number of rotatable bonds is 13. The van der Waals surface area contributed by atoms with Gasteiger partial charge in [-0.2, -0.15) is 0 Å². The van der Waals surface area contributed by atoms with E-state index in [4.69, 9.17) is 21.4 Å². The zero-order valence-corrected chi connectivity index (χ0v) is 25.9. The molecular formula is C35H46ClNO4. The highest BCUT2D eigenvalue weighted by atomic mass is 35.5. The van der Waals surface area contributed by atoms with Crippen LogP contribution >= 0.6 is 11.6 Å². The van der Waals surface area contributed by atoms with Gasteiger partial charge in [0.05, 0.1) is 13.5 Å². The third-order valence-electron chi connectivity index (χ3n) is 6.16. The molecule has 0 aliphatic heterocycles. The van der Waals surface area contributed by atoms with Gasteiger partial charge in [0.25, 0.3) is 0 Å². The minimum Gasteiger partial charge on any atom is -0.497 e. The second-order valence-electron chi connectivity index (χ2n) is 9.82. The van der Waals surface area contributed by atoms with Crippen LogP contribution in [0.15, 0.2) is 90.5 Å². The lowest BCUT2D eigenvalue weighted by atomic mass is 9.87. The van der Waals surface area contributed by atoms with Crippen molar-refractivity contribution in [1.29, 1.82) is 0 Å². The van der Waals surface area contributed by atoms with Crippen LogP contribution in [0, 0.1) is 19.8 Å². The van der Waals surface area contributed by atoms with E-state index in [9.17, 15) is 9.59 Å². The molecular weight excluding hydrogens is 534 g/mol. The maximum atomic E-state index is 12.0. The zero-order valence-electron chi connectivity index (χ0n) is 25.2. The molecule has 0 fully saturated rings. The molecule has 0 aliphatic rings. The number of carboxylic acid groups (broad SMARTS) is 1. The Morgan fingerprint density at radius 3 is 2.29 bits per heavy atom. The number of hydrogen-bond acceptors (Lipinski definition) is 3. The highest BCUT2D eigenvalue weighted by molar-refractivity contribution is 6.30. The van der Waals surface area contributed by atoms with E-state index in [-0.39, 0.29) is 25.3 Å². The summed E-state index contributed by atoms with van der Waals surface area (Å²) in [5.74, 6) is 0.0903. The summed E-state index contributed by atoms with van der Waals surface area (Å²) in [6.45, 7) is 8.56. The third kappa shape index (κ3) is 17.0. The standard InChI is InChI=1S/C28H39NO4.C7H7Cl/c1-5-10-24(13-9-15-27(30)29-19-18-28(31)32)25(11-6-2)21-23-12-7-8-14-26(33-4)20-22(3)16-17-23;1-6-2-4-7(8)5-3-6/h7-10,12-14,16-17,20,25H,5-6,11,15,18-19,21H2,1-4H3,(H,29,30)(H,31,32);2-5H,1H3/b8-7?,12-7?,13-9-,14-8?,17-16?,22-16?,22-20?,23-12?,23-17?,24-10+,26-14?,26-20?;. The molecule has 1 unspecified atom stereocenters. The van der Waals surface area contributed by atoms with Gasteiger partial charge in [0.2, 0.25) is 5.91 Å². The largest absolute Gasteiger partial charge is 0.497 e. The number of nitrogens with one attached hydrogen (secondary N) is 1. The van der Waals surface area contributed by atoms with Gasteiger partial charge in [0, 0.05) is 18.0 Å². The first kappa shape index (κ1) is 35.5. The molecule has 0 aromatic heterocycles. The Kier molecular flexibility index (Phi) is 18.3. The van der Waals surface area contributed by atoms with Crippen LogP contribution in [0.4, 0.5) is 0 Å². The third-order valence-corrected chi connectivity index (χ3v) is 6.42. The summed E-state index contributed by atoms with van der Waals surface area (Å²) in [5, 5.41) is 12.1. The van der Waals surface area contributed by atoms with Crippen LogP contribution in [0.5, 0.6) is 5.75 Å². The topological polar surface area (TPSA) is 75.6 Å². The van der Waals surface area contributed by atoms with Gasteiger partial charge in [-0.25, -0.2) is 0 Å². The second kappa shape index (κ2) is 21.2. The molecule has 0 radical (unpaired) electrons. The highest BCUT2D eigenvalue weighted by Gasteiger charge is 2.12. The maximum Gasteiger partial charge on any atom is 0.305 e. The van der Waals surface area contributed by atoms with Gasteiger partial charge in [-0.15, -0.1) is 0 Å². The Balaban J connectivity index is 0.000000895. The summed E-state index contributed by atoms with van der Waals surface area (Å²) < 4.78 is 5.37. The van der Waals surface area contributed by atoms with Crippen molar-refractivity contribution in [1.82, 2.24) is 5.32 Å². The van der Waals surface area contributed by atoms with Crippen LogP contribution in [0.2, 0.25) is 5.02 Å². The van der Waals surface area contributed by atoms with E-state index in [0.29, 0.717) is 5.92 Å². The molecule has 2 N–H and O–H groups in total. The van der Waals surface area contributed by atoms with Crippen LogP contribution in [-0.2, 0) is 16.0 Å². The number of aryl methyl sites for hydroxylation is 2. The smallest absolute Gasteiger partial charge is 0.305 e. The van der Waals surface area contributed by atoms with Crippen LogP contribution < -0.4 is 10.1 Å². The first-order valence-corrected chi connectivity index (χ1v) is 14.6. The number of ether oxygens (including phenoxy) is 1. The van der Waals surface area contributed by atoms with Gasteiger partial charge in [0.1, 0.15) is 5.75 Å². The van der Waals surface area contributed by atoms with Gasteiger partial charge in [-0.05, 0) is 80.0 Å². The Morgan fingerprint density at radius 1 is 1.00 bits per heavy atom. The average molecular weight is 580 g/mol. The van der Waals surface area contributed by atoms with E-state index in [1.165, 1.54) is 16.7 Å². The summed E-state index contributed by atoms with van der Waals surface area (Å²) in [4.78, 5) is 22.5. The van der Waals surface area contributed by atoms with Gasteiger partial charge in [-0.3, -0.25) is 9.59 Å². The zero-order chi connectivity index (χ0) is 30.5. The molecule has 2 aromatic carbocycles. The SMILES string of the molecule is CC/C=C(\C=C/CC(=O)NCCC(=O)O)C(CCC)Cc1ccccc(OC)cc(C)cc1.Cc1ccc(Cl)cc1. The predicted molar refractivity (Wildman–Crippen MR) is 171 cm³/mol. The fourth-order valence-corrected chi connectivity index (χ4v) is 4.18.